The fraction of sp³-hybridized carbons (Fsp3) is 0.250. The number of benzene rings is 2. The second kappa shape index (κ2) is 5.92. The van der Waals surface area contributed by atoms with Gasteiger partial charge in [-0.05, 0) is 42.0 Å². The predicted octanol–water partition coefficient (Wildman–Crippen LogP) is 3.18. The van der Waals surface area contributed by atoms with Crippen LogP contribution in [-0.2, 0) is 11.3 Å². The van der Waals surface area contributed by atoms with Gasteiger partial charge in [-0.2, -0.15) is 0 Å². The molecule has 0 saturated carbocycles. The molecule has 3 nitrogen and oxygen atoms in total. The summed E-state index contributed by atoms with van der Waals surface area (Å²) in [6.45, 7) is 1.80. The fourth-order valence-electron chi connectivity index (χ4n) is 1.73. The number of halogens is 1. The van der Waals surface area contributed by atoms with Crippen molar-refractivity contribution < 1.29 is 18.6 Å². The van der Waals surface area contributed by atoms with Gasteiger partial charge in [-0.25, -0.2) is 4.39 Å². The summed E-state index contributed by atoms with van der Waals surface area (Å²) in [5.41, 5.74) is 0.928. The lowest BCUT2D eigenvalue weighted by molar-refractivity contribution is 0.262. The summed E-state index contributed by atoms with van der Waals surface area (Å²) in [5, 5.41) is 0. The van der Waals surface area contributed by atoms with Gasteiger partial charge in [0.1, 0.15) is 36.6 Å². The molecule has 4 heteroatoms. The summed E-state index contributed by atoms with van der Waals surface area (Å²) in [6.07, 6.45) is 0.254. The van der Waals surface area contributed by atoms with Crippen LogP contribution in [0.15, 0.2) is 48.5 Å². The molecule has 0 spiro atoms. The van der Waals surface area contributed by atoms with Crippen LogP contribution in [0.1, 0.15) is 5.56 Å². The molecule has 0 amide bonds. The van der Waals surface area contributed by atoms with E-state index in [0.717, 1.165) is 23.7 Å². The molecule has 3 rings (SSSR count). The Balaban J connectivity index is 1.50. The van der Waals surface area contributed by atoms with Gasteiger partial charge in [0, 0.05) is 0 Å². The number of hydrogen-bond acceptors (Lipinski definition) is 3. The Kier molecular flexibility index (Phi) is 3.83. The van der Waals surface area contributed by atoms with Crippen LogP contribution in [0.25, 0.3) is 0 Å². The van der Waals surface area contributed by atoms with E-state index in [1.54, 1.807) is 12.1 Å². The molecule has 0 radical (unpaired) electrons. The van der Waals surface area contributed by atoms with E-state index in [2.05, 4.69) is 0 Å². The first-order valence-electron chi connectivity index (χ1n) is 6.51. The Morgan fingerprint density at radius 3 is 2.15 bits per heavy atom. The molecule has 2 aromatic carbocycles. The van der Waals surface area contributed by atoms with Crippen molar-refractivity contribution >= 4 is 0 Å². The number of hydrogen-bond donors (Lipinski definition) is 0. The first-order chi connectivity index (χ1) is 9.79. The summed E-state index contributed by atoms with van der Waals surface area (Å²) in [6, 6.07) is 13.7. The van der Waals surface area contributed by atoms with Crippen LogP contribution < -0.4 is 9.47 Å². The average Bonchev–Trinajstić information content (AvgIpc) is 3.30. The zero-order valence-electron chi connectivity index (χ0n) is 10.9. The zero-order chi connectivity index (χ0) is 13.8. The highest BCUT2D eigenvalue weighted by Crippen LogP contribution is 2.20. The average molecular weight is 274 g/mol. The highest BCUT2D eigenvalue weighted by molar-refractivity contribution is 5.31. The van der Waals surface area contributed by atoms with Crippen molar-refractivity contribution in [1.82, 2.24) is 0 Å². The van der Waals surface area contributed by atoms with Gasteiger partial charge in [-0.1, -0.05) is 12.1 Å². The van der Waals surface area contributed by atoms with Gasteiger partial charge < -0.3 is 14.2 Å². The molecule has 0 unspecified atom stereocenters. The maximum atomic E-state index is 12.8. The van der Waals surface area contributed by atoms with Crippen LogP contribution in [-0.4, -0.2) is 19.3 Å². The van der Waals surface area contributed by atoms with Gasteiger partial charge in [-0.3, -0.25) is 0 Å². The maximum Gasteiger partial charge on any atom is 0.123 e. The maximum absolute atomic E-state index is 12.8. The van der Waals surface area contributed by atoms with Crippen LogP contribution in [0.3, 0.4) is 0 Å². The Labute approximate surface area is 116 Å². The first-order valence-corrected chi connectivity index (χ1v) is 6.51. The molecule has 0 bridgehead atoms. The van der Waals surface area contributed by atoms with Gasteiger partial charge in [0.15, 0.2) is 0 Å². The molecule has 0 aliphatic carbocycles. The third kappa shape index (κ3) is 3.71. The second-order valence-electron chi connectivity index (χ2n) is 4.65. The Morgan fingerprint density at radius 2 is 1.55 bits per heavy atom. The van der Waals surface area contributed by atoms with Gasteiger partial charge in [0.2, 0.25) is 0 Å². The summed E-state index contributed by atoms with van der Waals surface area (Å²) < 4.78 is 29.0. The molecule has 1 fully saturated rings. The molecule has 1 aliphatic heterocycles. The predicted molar refractivity (Wildman–Crippen MR) is 72.4 cm³/mol. The highest BCUT2D eigenvalue weighted by atomic mass is 19.1. The molecule has 1 atom stereocenters. The van der Waals surface area contributed by atoms with Gasteiger partial charge in [0.05, 0.1) is 6.61 Å². The molecule has 1 aliphatic rings. The quantitative estimate of drug-likeness (QED) is 0.758. The van der Waals surface area contributed by atoms with Crippen LogP contribution in [0.2, 0.25) is 0 Å². The lowest BCUT2D eigenvalue weighted by Gasteiger charge is -2.08. The van der Waals surface area contributed by atoms with Crippen LogP contribution >= 0.6 is 0 Å². The Bertz CT molecular complexity index is 547. The van der Waals surface area contributed by atoms with Crippen molar-refractivity contribution in [3.8, 4) is 11.5 Å². The van der Waals surface area contributed by atoms with Crippen molar-refractivity contribution in [3.63, 3.8) is 0 Å². The highest BCUT2D eigenvalue weighted by Gasteiger charge is 2.22. The summed E-state index contributed by atoms with van der Waals surface area (Å²) in [7, 11) is 0. The van der Waals surface area contributed by atoms with E-state index in [0.29, 0.717) is 13.2 Å². The molecule has 20 heavy (non-hydrogen) atoms. The molecule has 2 aromatic rings. The van der Waals surface area contributed by atoms with E-state index in [4.69, 9.17) is 14.2 Å². The van der Waals surface area contributed by atoms with E-state index in [1.165, 1.54) is 12.1 Å². The molecular weight excluding hydrogens is 259 g/mol. The monoisotopic (exact) mass is 274 g/mol. The lowest BCUT2D eigenvalue weighted by atomic mass is 10.2. The molecule has 1 heterocycles. The lowest BCUT2D eigenvalue weighted by Crippen LogP contribution is -2.03. The van der Waals surface area contributed by atoms with E-state index in [-0.39, 0.29) is 11.9 Å². The third-order valence-electron chi connectivity index (χ3n) is 2.98. The van der Waals surface area contributed by atoms with E-state index in [1.807, 2.05) is 24.3 Å². The molecule has 104 valence electrons. The number of ether oxygens (including phenoxy) is 3. The Morgan fingerprint density at radius 1 is 0.950 bits per heavy atom. The minimum atomic E-state index is -0.241. The minimum absolute atomic E-state index is 0.241. The van der Waals surface area contributed by atoms with Gasteiger partial charge >= 0.3 is 0 Å². The normalized spacial score (nSPS) is 16.8. The second-order valence-corrected chi connectivity index (χ2v) is 4.65. The molecule has 1 saturated heterocycles. The zero-order valence-corrected chi connectivity index (χ0v) is 10.9. The fourth-order valence-corrected chi connectivity index (χ4v) is 1.73. The smallest absolute Gasteiger partial charge is 0.123 e. The van der Waals surface area contributed by atoms with Gasteiger partial charge in [-0.15, -0.1) is 0 Å². The van der Waals surface area contributed by atoms with Gasteiger partial charge in [0.25, 0.3) is 0 Å². The number of rotatable bonds is 6. The Hall–Kier alpha value is -2.07. The van der Waals surface area contributed by atoms with E-state index >= 15 is 0 Å². The topological polar surface area (TPSA) is 31.0 Å². The minimum Gasteiger partial charge on any atom is -0.491 e. The van der Waals surface area contributed by atoms with Crippen molar-refractivity contribution in [2.75, 3.05) is 13.2 Å². The van der Waals surface area contributed by atoms with Crippen molar-refractivity contribution in [3.05, 3.63) is 59.9 Å². The van der Waals surface area contributed by atoms with Crippen molar-refractivity contribution in [2.24, 2.45) is 0 Å². The molecular formula is C16H15FO3. The van der Waals surface area contributed by atoms with Crippen molar-refractivity contribution in [2.45, 2.75) is 12.7 Å². The third-order valence-corrected chi connectivity index (χ3v) is 2.98. The van der Waals surface area contributed by atoms with Crippen molar-refractivity contribution in [1.29, 1.82) is 0 Å². The summed E-state index contributed by atoms with van der Waals surface area (Å²) >= 11 is 0. The van der Waals surface area contributed by atoms with E-state index in [9.17, 15) is 4.39 Å². The molecule has 0 aromatic heterocycles. The largest absolute Gasteiger partial charge is 0.491 e. The molecule has 0 N–H and O–H groups in total. The van der Waals surface area contributed by atoms with E-state index < -0.39 is 0 Å². The summed E-state index contributed by atoms with van der Waals surface area (Å²) in [5.74, 6) is 1.31. The summed E-state index contributed by atoms with van der Waals surface area (Å²) in [4.78, 5) is 0. The van der Waals surface area contributed by atoms with Crippen LogP contribution in [0.5, 0.6) is 11.5 Å². The standard InChI is InChI=1S/C16H15FO3/c17-13-3-1-12(2-4-13)9-18-14-5-7-15(8-6-14)19-10-16-11-20-16/h1-8,16H,9-11H2/t16-/m0/s1. The van der Waals surface area contributed by atoms with Crippen LogP contribution in [0, 0.1) is 5.82 Å². The SMILES string of the molecule is Fc1ccc(COc2ccc(OC[C@H]3CO3)cc2)cc1. The van der Waals surface area contributed by atoms with Crippen LogP contribution in [0.4, 0.5) is 4.39 Å². The first kappa shape index (κ1) is 12.9. The number of epoxide rings is 1.